The molecular weight excluding hydrogens is 444 g/mol. The summed E-state index contributed by atoms with van der Waals surface area (Å²) < 4.78 is 59.0. The highest BCUT2D eigenvalue weighted by atomic mass is 19.4. The predicted octanol–water partition coefficient (Wildman–Crippen LogP) is 4.51. The first kappa shape index (κ1) is 24.8. The summed E-state index contributed by atoms with van der Waals surface area (Å²) in [6, 6.07) is 5.26. The summed E-state index contributed by atoms with van der Waals surface area (Å²) in [6.07, 6.45) is -8.87. The Kier molecular flexibility index (Phi) is 6.63. The lowest BCUT2D eigenvalue weighted by molar-refractivity contribution is -0.207. The molecule has 0 fully saturated rings. The molecule has 0 saturated carbocycles. The monoisotopic (exact) mass is 470 g/mol. The van der Waals surface area contributed by atoms with Crippen LogP contribution in [0.3, 0.4) is 0 Å². The lowest BCUT2D eigenvalue weighted by Gasteiger charge is -2.26. The van der Waals surface area contributed by atoms with Crippen LogP contribution in [0.1, 0.15) is 55.2 Å². The summed E-state index contributed by atoms with van der Waals surface area (Å²) >= 11 is 0. The summed E-state index contributed by atoms with van der Waals surface area (Å²) in [4.78, 5) is 12.7. The summed E-state index contributed by atoms with van der Waals surface area (Å²) in [6.45, 7) is 5.30. The number of aliphatic hydroxyl groups excluding tert-OH is 2. The molecule has 4 N–H and O–H groups in total. The number of alkyl halides is 3. The molecule has 0 bridgehead atoms. The quantitative estimate of drug-likeness (QED) is 0.495. The van der Waals surface area contributed by atoms with Crippen molar-refractivity contribution in [2.75, 3.05) is 12.4 Å². The molecule has 0 aliphatic heterocycles. The number of rotatable bonds is 4. The van der Waals surface area contributed by atoms with Gasteiger partial charge < -0.3 is 25.6 Å². The Labute approximate surface area is 188 Å². The number of anilines is 1. The van der Waals surface area contributed by atoms with Gasteiger partial charge in [-0.05, 0) is 46.7 Å². The fourth-order valence-corrected chi connectivity index (χ4v) is 3.86. The number of amides is 2. The van der Waals surface area contributed by atoms with Crippen molar-refractivity contribution >= 4 is 11.7 Å². The predicted molar refractivity (Wildman–Crippen MR) is 114 cm³/mol. The van der Waals surface area contributed by atoms with E-state index in [9.17, 15) is 32.6 Å². The third-order valence-corrected chi connectivity index (χ3v) is 5.64. The van der Waals surface area contributed by atoms with Gasteiger partial charge >= 0.3 is 12.2 Å². The second kappa shape index (κ2) is 8.83. The number of benzene rings is 2. The van der Waals surface area contributed by atoms with E-state index in [-0.39, 0.29) is 23.4 Å². The molecule has 3 rings (SSSR count). The molecule has 180 valence electrons. The molecule has 1 aliphatic carbocycles. The Morgan fingerprint density at radius 3 is 2.42 bits per heavy atom. The zero-order valence-electron chi connectivity index (χ0n) is 18.5. The van der Waals surface area contributed by atoms with E-state index in [1.165, 1.54) is 24.3 Å². The van der Waals surface area contributed by atoms with E-state index >= 15 is 0 Å². The van der Waals surface area contributed by atoms with Crippen molar-refractivity contribution in [1.82, 2.24) is 5.32 Å². The zero-order valence-corrected chi connectivity index (χ0v) is 18.5. The highest BCUT2D eigenvalue weighted by molar-refractivity contribution is 5.92. The molecule has 2 aromatic carbocycles. The molecule has 0 saturated heterocycles. The molecule has 0 heterocycles. The smallest absolute Gasteiger partial charge is 0.418 e. The van der Waals surface area contributed by atoms with Crippen LogP contribution in [-0.4, -0.2) is 35.6 Å². The second-order valence-electron chi connectivity index (χ2n) is 9.00. The molecule has 2 aromatic rings. The highest BCUT2D eigenvalue weighted by Gasteiger charge is 2.42. The number of nitrogens with one attached hydrogen (secondary N) is 2. The van der Waals surface area contributed by atoms with E-state index in [4.69, 9.17) is 4.74 Å². The lowest BCUT2D eigenvalue weighted by atomic mass is 9.84. The van der Waals surface area contributed by atoms with Gasteiger partial charge in [0.15, 0.2) is 6.10 Å². The second-order valence-corrected chi connectivity index (χ2v) is 9.00. The topological polar surface area (TPSA) is 90.8 Å². The van der Waals surface area contributed by atoms with Gasteiger partial charge in [0.05, 0.1) is 24.9 Å². The minimum Gasteiger partial charge on any atom is -0.494 e. The molecule has 0 spiro atoms. The van der Waals surface area contributed by atoms with Gasteiger partial charge in [0.2, 0.25) is 0 Å². The zero-order chi connectivity index (χ0) is 24.7. The Bertz CT molecular complexity index is 1050. The largest absolute Gasteiger partial charge is 0.494 e. The van der Waals surface area contributed by atoms with Crippen LogP contribution in [0.15, 0.2) is 30.3 Å². The molecule has 0 aromatic heterocycles. The first-order valence-electron chi connectivity index (χ1n) is 10.2. The van der Waals surface area contributed by atoms with E-state index in [2.05, 4.69) is 10.6 Å². The van der Waals surface area contributed by atoms with Gasteiger partial charge in [0.1, 0.15) is 11.6 Å². The molecule has 33 heavy (non-hydrogen) atoms. The molecule has 3 atom stereocenters. The van der Waals surface area contributed by atoms with Gasteiger partial charge in [-0.3, -0.25) is 0 Å². The van der Waals surface area contributed by atoms with Gasteiger partial charge in [-0.1, -0.05) is 32.9 Å². The molecular formula is C23H26F4N2O4. The number of ether oxygens (including phenoxy) is 1. The lowest BCUT2D eigenvalue weighted by Crippen LogP contribution is -2.40. The number of urea groups is 1. The number of hydrogen-bond acceptors (Lipinski definition) is 4. The van der Waals surface area contributed by atoms with Crippen LogP contribution in [-0.2, 0) is 11.8 Å². The third-order valence-electron chi connectivity index (χ3n) is 5.64. The Balaban J connectivity index is 1.91. The van der Waals surface area contributed by atoms with Crippen molar-refractivity contribution in [3.8, 4) is 5.75 Å². The first-order valence-corrected chi connectivity index (χ1v) is 10.2. The fraction of sp³-hybridized carbons (Fsp3) is 0.435. The standard InChI is InChI=1S/C23H26F4N2O4/c1-22(2,3)11-8-14(20(31)23(25,26)27)19(33-4)17(9-11)29-21(32)28-16-10-13-12(18(16)30)6-5-7-15(13)24/h5-9,16,18,20,30-31H,10H2,1-4H3,(H2,28,29,32)/t16-,18+,20-/m1/s1. The number of fused-ring (bicyclic) bond motifs is 1. The number of halogens is 4. The van der Waals surface area contributed by atoms with Gasteiger partial charge in [-0.15, -0.1) is 0 Å². The molecule has 10 heteroatoms. The van der Waals surface area contributed by atoms with Crippen LogP contribution in [0.25, 0.3) is 0 Å². The van der Waals surface area contributed by atoms with Crippen LogP contribution in [0, 0.1) is 5.82 Å². The molecule has 0 unspecified atom stereocenters. The number of methoxy groups -OCH3 is 1. The summed E-state index contributed by atoms with van der Waals surface area (Å²) in [5, 5.41) is 25.3. The molecule has 1 aliphatic rings. The van der Waals surface area contributed by atoms with Gasteiger partial charge in [-0.25, -0.2) is 9.18 Å². The maximum Gasteiger partial charge on any atom is 0.418 e. The van der Waals surface area contributed by atoms with Crippen LogP contribution in [0.5, 0.6) is 5.75 Å². The van der Waals surface area contributed by atoms with Crippen LogP contribution in [0.4, 0.5) is 28.0 Å². The Hall–Kier alpha value is -2.85. The van der Waals surface area contributed by atoms with Gasteiger partial charge in [0.25, 0.3) is 0 Å². The summed E-state index contributed by atoms with van der Waals surface area (Å²) in [5.41, 5.74) is -0.159. The number of hydrogen-bond donors (Lipinski definition) is 4. The van der Waals surface area contributed by atoms with Crippen molar-refractivity contribution in [1.29, 1.82) is 0 Å². The van der Waals surface area contributed by atoms with Gasteiger partial charge in [0, 0.05) is 5.56 Å². The number of aliphatic hydroxyl groups is 2. The van der Waals surface area contributed by atoms with E-state index < -0.39 is 47.3 Å². The third kappa shape index (κ3) is 5.06. The minimum atomic E-state index is -4.95. The molecule has 6 nitrogen and oxygen atoms in total. The SMILES string of the molecule is COc1c(NC(=O)N[C@@H]2Cc3c(F)cccc3[C@@H]2O)cc(C(C)(C)C)cc1[C@@H](O)C(F)(F)F. The number of carbonyl (C=O) groups is 1. The van der Waals surface area contributed by atoms with Crippen molar-refractivity contribution in [2.24, 2.45) is 0 Å². The van der Waals surface area contributed by atoms with Crippen molar-refractivity contribution < 1.29 is 37.3 Å². The van der Waals surface area contributed by atoms with E-state index in [1.807, 2.05) is 0 Å². The molecule has 2 amide bonds. The van der Waals surface area contributed by atoms with E-state index in [0.29, 0.717) is 11.1 Å². The number of carbonyl (C=O) groups excluding carboxylic acids is 1. The maximum atomic E-state index is 14.0. The fourth-order valence-electron chi connectivity index (χ4n) is 3.86. The van der Waals surface area contributed by atoms with Crippen LogP contribution in [0.2, 0.25) is 0 Å². The van der Waals surface area contributed by atoms with E-state index in [1.54, 1.807) is 26.8 Å². The van der Waals surface area contributed by atoms with Crippen LogP contribution < -0.4 is 15.4 Å². The Morgan fingerprint density at radius 1 is 1.21 bits per heavy atom. The maximum absolute atomic E-state index is 14.0. The average Bonchev–Trinajstić information content (AvgIpc) is 3.02. The minimum absolute atomic E-state index is 0.0494. The normalized spacial score (nSPS) is 19.1. The van der Waals surface area contributed by atoms with Crippen molar-refractivity contribution in [2.45, 2.75) is 57.0 Å². The van der Waals surface area contributed by atoms with Crippen LogP contribution >= 0.6 is 0 Å². The van der Waals surface area contributed by atoms with Crippen molar-refractivity contribution in [3.05, 3.63) is 58.4 Å². The Morgan fingerprint density at radius 2 is 1.88 bits per heavy atom. The first-order chi connectivity index (χ1) is 15.2. The molecule has 0 radical (unpaired) electrons. The summed E-state index contributed by atoms with van der Waals surface area (Å²) in [5.74, 6) is -0.842. The van der Waals surface area contributed by atoms with E-state index in [0.717, 1.165) is 7.11 Å². The summed E-state index contributed by atoms with van der Waals surface area (Å²) in [7, 11) is 1.13. The average molecular weight is 470 g/mol. The van der Waals surface area contributed by atoms with Gasteiger partial charge in [-0.2, -0.15) is 13.2 Å². The van der Waals surface area contributed by atoms with Crippen molar-refractivity contribution in [3.63, 3.8) is 0 Å². The highest BCUT2D eigenvalue weighted by Crippen LogP contribution is 2.43.